The van der Waals surface area contributed by atoms with E-state index in [9.17, 15) is 14.0 Å². The van der Waals surface area contributed by atoms with E-state index in [1.54, 1.807) is 18.2 Å². The van der Waals surface area contributed by atoms with Crippen LogP contribution in [0.1, 0.15) is 25.0 Å². The van der Waals surface area contributed by atoms with Gasteiger partial charge in [0.15, 0.2) is 0 Å². The zero-order valence-corrected chi connectivity index (χ0v) is 15.3. The van der Waals surface area contributed by atoms with Gasteiger partial charge in [-0.1, -0.05) is 30.3 Å². The standard InChI is InChI=1S/C20H18FNO3S/c1-13(2)25-17-6-4-3-5-15(17)11-18-19(23)22(20(24)26-18)12-14-7-9-16(21)10-8-14/h3-11,13H,12H2,1-2H3/b18-11-. The molecule has 26 heavy (non-hydrogen) atoms. The van der Waals surface area contributed by atoms with Crippen molar-refractivity contribution in [2.24, 2.45) is 0 Å². The van der Waals surface area contributed by atoms with Crippen molar-refractivity contribution in [1.29, 1.82) is 0 Å². The van der Waals surface area contributed by atoms with Gasteiger partial charge in [0, 0.05) is 5.56 Å². The fourth-order valence-electron chi connectivity index (χ4n) is 2.51. The van der Waals surface area contributed by atoms with Crippen LogP contribution in [0.5, 0.6) is 5.75 Å². The van der Waals surface area contributed by atoms with Crippen molar-refractivity contribution in [2.45, 2.75) is 26.5 Å². The van der Waals surface area contributed by atoms with Crippen LogP contribution in [-0.4, -0.2) is 22.2 Å². The summed E-state index contributed by atoms with van der Waals surface area (Å²) in [4.78, 5) is 26.4. The minimum atomic E-state index is -0.358. The molecule has 0 N–H and O–H groups in total. The van der Waals surface area contributed by atoms with Crippen molar-refractivity contribution >= 4 is 29.0 Å². The van der Waals surface area contributed by atoms with Gasteiger partial charge in [-0.2, -0.15) is 0 Å². The Balaban J connectivity index is 1.82. The molecule has 1 aliphatic rings. The zero-order chi connectivity index (χ0) is 18.7. The van der Waals surface area contributed by atoms with Gasteiger partial charge in [-0.15, -0.1) is 0 Å². The molecule has 0 saturated carbocycles. The van der Waals surface area contributed by atoms with Gasteiger partial charge in [-0.3, -0.25) is 14.5 Å². The molecule has 2 aromatic carbocycles. The summed E-state index contributed by atoms with van der Waals surface area (Å²) in [5.41, 5.74) is 1.44. The zero-order valence-electron chi connectivity index (χ0n) is 14.4. The molecule has 134 valence electrons. The van der Waals surface area contributed by atoms with Gasteiger partial charge in [-0.05, 0) is 55.4 Å². The Hall–Kier alpha value is -2.60. The molecule has 0 radical (unpaired) electrons. The Morgan fingerprint density at radius 3 is 2.50 bits per heavy atom. The molecule has 0 aromatic heterocycles. The van der Waals surface area contributed by atoms with Crippen LogP contribution >= 0.6 is 11.8 Å². The third-order valence-corrected chi connectivity index (χ3v) is 4.60. The second-order valence-corrected chi connectivity index (χ2v) is 7.09. The monoisotopic (exact) mass is 371 g/mol. The van der Waals surface area contributed by atoms with E-state index in [1.807, 2.05) is 38.1 Å². The lowest BCUT2D eigenvalue weighted by Crippen LogP contribution is -2.27. The molecule has 0 bridgehead atoms. The van der Waals surface area contributed by atoms with Gasteiger partial charge in [0.05, 0.1) is 17.6 Å². The van der Waals surface area contributed by atoms with E-state index >= 15 is 0 Å². The number of hydrogen-bond acceptors (Lipinski definition) is 4. The molecular weight excluding hydrogens is 353 g/mol. The van der Waals surface area contributed by atoms with Gasteiger partial charge in [-0.25, -0.2) is 4.39 Å². The molecule has 3 rings (SSSR count). The number of benzene rings is 2. The molecule has 2 aromatic rings. The Labute approximate surface area is 155 Å². The number of halogens is 1. The molecule has 1 fully saturated rings. The van der Waals surface area contributed by atoms with Crippen molar-refractivity contribution < 1.29 is 18.7 Å². The molecule has 4 nitrogen and oxygen atoms in total. The molecule has 6 heteroatoms. The number of amides is 2. The summed E-state index contributed by atoms with van der Waals surface area (Å²) in [6.45, 7) is 3.97. The van der Waals surface area contributed by atoms with E-state index in [0.29, 0.717) is 16.2 Å². The fourth-order valence-corrected chi connectivity index (χ4v) is 3.34. The molecule has 1 aliphatic heterocycles. The summed E-state index contributed by atoms with van der Waals surface area (Å²) in [7, 11) is 0. The lowest BCUT2D eigenvalue weighted by Gasteiger charge is -2.13. The Bertz CT molecular complexity index is 862. The third kappa shape index (κ3) is 4.14. The van der Waals surface area contributed by atoms with Crippen LogP contribution in [0.3, 0.4) is 0 Å². The van der Waals surface area contributed by atoms with E-state index in [0.717, 1.165) is 22.2 Å². The number of para-hydroxylation sites is 1. The lowest BCUT2D eigenvalue weighted by molar-refractivity contribution is -0.123. The SMILES string of the molecule is CC(C)Oc1ccccc1/C=C1\SC(=O)N(Cc2ccc(F)cc2)C1=O. The number of hydrogen-bond donors (Lipinski definition) is 0. The predicted molar refractivity (Wildman–Crippen MR) is 100 cm³/mol. The summed E-state index contributed by atoms with van der Waals surface area (Å²) in [6.07, 6.45) is 1.67. The molecule has 1 saturated heterocycles. The maximum Gasteiger partial charge on any atom is 0.293 e. The van der Waals surface area contributed by atoms with Crippen LogP contribution in [-0.2, 0) is 11.3 Å². The number of imide groups is 1. The maximum atomic E-state index is 13.0. The third-order valence-electron chi connectivity index (χ3n) is 3.70. The first kappa shape index (κ1) is 18.2. The average molecular weight is 371 g/mol. The van der Waals surface area contributed by atoms with Crippen molar-refractivity contribution in [2.75, 3.05) is 0 Å². The highest BCUT2D eigenvalue weighted by atomic mass is 32.2. The largest absolute Gasteiger partial charge is 0.490 e. The van der Waals surface area contributed by atoms with Crippen LogP contribution in [0.2, 0.25) is 0 Å². The Kier molecular flexibility index (Phi) is 5.42. The van der Waals surface area contributed by atoms with E-state index in [1.165, 1.54) is 12.1 Å². The predicted octanol–water partition coefficient (Wildman–Crippen LogP) is 4.85. The molecule has 0 spiro atoms. The molecule has 0 aliphatic carbocycles. The smallest absolute Gasteiger partial charge is 0.293 e. The summed E-state index contributed by atoms with van der Waals surface area (Å²) in [5.74, 6) is -0.0546. The quantitative estimate of drug-likeness (QED) is 0.705. The van der Waals surface area contributed by atoms with Crippen molar-refractivity contribution in [1.82, 2.24) is 4.90 Å². The van der Waals surface area contributed by atoms with Crippen molar-refractivity contribution in [3.63, 3.8) is 0 Å². The first-order valence-electron chi connectivity index (χ1n) is 8.19. The Morgan fingerprint density at radius 2 is 1.81 bits per heavy atom. The van der Waals surface area contributed by atoms with Gasteiger partial charge >= 0.3 is 0 Å². The number of carbonyl (C=O) groups is 2. The van der Waals surface area contributed by atoms with Gasteiger partial charge in [0.1, 0.15) is 11.6 Å². The molecule has 1 heterocycles. The van der Waals surface area contributed by atoms with E-state index in [4.69, 9.17) is 4.74 Å². The molecule has 2 amide bonds. The van der Waals surface area contributed by atoms with Crippen LogP contribution in [0.25, 0.3) is 6.08 Å². The highest BCUT2D eigenvalue weighted by molar-refractivity contribution is 8.18. The van der Waals surface area contributed by atoms with Crippen molar-refractivity contribution in [3.05, 3.63) is 70.4 Å². The summed E-state index contributed by atoms with van der Waals surface area (Å²) < 4.78 is 18.8. The minimum Gasteiger partial charge on any atom is -0.490 e. The van der Waals surface area contributed by atoms with E-state index in [2.05, 4.69) is 0 Å². The average Bonchev–Trinajstić information content (AvgIpc) is 2.85. The number of thioether (sulfide) groups is 1. The first-order chi connectivity index (χ1) is 12.4. The van der Waals surface area contributed by atoms with Gasteiger partial charge in [0.25, 0.3) is 11.1 Å². The number of rotatable bonds is 5. The molecule has 0 atom stereocenters. The second-order valence-electron chi connectivity index (χ2n) is 6.10. The molecular formula is C20H18FNO3S. The van der Waals surface area contributed by atoms with E-state index < -0.39 is 0 Å². The van der Waals surface area contributed by atoms with E-state index in [-0.39, 0.29) is 29.6 Å². The van der Waals surface area contributed by atoms with Crippen LogP contribution in [0.15, 0.2) is 53.4 Å². The Morgan fingerprint density at radius 1 is 1.12 bits per heavy atom. The second kappa shape index (κ2) is 7.74. The number of carbonyl (C=O) groups excluding carboxylic acids is 2. The normalized spacial score (nSPS) is 16.0. The summed E-state index contributed by atoms with van der Waals surface area (Å²) >= 11 is 0.896. The minimum absolute atomic E-state index is 0.00177. The maximum absolute atomic E-state index is 13.0. The summed E-state index contributed by atoms with van der Waals surface area (Å²) in [6, 6.07) is 13.1. The number of ether oxygens (including phenoxy) is 1. The topological polar surface area (TPSA) is 46.6 Å². The number of nitrogens with zero attached hydrogens (tertiary/aromatic N) is 1. The first-order valence-corrected chi connectivity index (χ1v) is 9.01. The highest BCUT2D eigenvalue weighted by Crippen LogP contribution is 2.35. The van der Waals surface area contributed by atoms with Gasteiger partial charge in [0.2, 0.25) is 0 Å². The van der Waals surface area contributed by atoms with Crippen LogP contribution in [0, 0.1) is 5.82 Å². The fraction of sp³-hybridized carbons (Fsp3) is 0.200. The van der Waals surface area contributed by atoms with Gasteiger partial charge < -0.3 is 4.74 Å². The summed E-state index contributed by atoms with van der Waals surface area (Å²) in [5, 5.41) is -0.340. The highest BCUT2D eigenvalue weighted by Gasteiger charge is 2.35. The molecule has 0 unspecified atom stereocenters. The van der Waals surface area contributed by atoms with Crippen LogP contribution in [0.4, 0.5) is 9.18 Å². The lowest BCUT2D eigenvalue weighted by atomic mass is 10.1. The van der Waals surface area contributed by atoms with Crippen molar-refractivity contribution in [3.8, 4) is 5.75 Å². The van der Waals surface area contributed by atoms with Crippen LogP contribution < -0.4 is 4.74 Å².